The number of nitrogen functional groups attached to an aromatic ring is 1. The first kappa shape index (κ1) is 12.3. The lowest BCUT2D eigenvalue weighted by molar-refractivity contribution is 0.113. The lowest BCUT2D eigenvalue weighted by Gasteiger charge is -2.20. The minimum atomic E-state index is -0.743. The molecule has 0 saturated heterocycles. The molecule has 1 atom stereocenters. The SMILES string of the molecule is Nc1cc2c(cc1SCC(O)CO)OCCO2. The van der Waals surface area contributed by atoms with E-state index < -0.39 is 6.10 Å². The van der Waals surface area contributed by atoms with Crippen LogP contribution in [-0.2, 0) is 0 Å². The van der Waals surface area contributed by atoms with Crippen molar-refractivity contribution in [3.05, 3.63) is 12.1 Å². The molecule has 0 amide bonds. The molecule has 0 radical (unpaired) electrons. The third kappa shape index (κ3) is 2.96. The zero-order valence-corrected chi connectivity index (χ0v) is 10.1. The van der Waals surface area contributed by atoms with Gasteiger partial charge in [-0.2, -0.15) is 0 Å². The van der Waals surface area contributed by atoms with E-state index in [1.165, 1.54) is 11.8 Å². The van der Waals surface area contributed by atoms with Gasteiger partial charge in [-0.1, -0.05) is 0 Å². The highest BCUT2D eigenvalue weighted by Gasteiger charge is 2.15. The van der Waals surface area contributed by atoms with Gasteiger partial charge in [0.15, 0.2) is 11.5 Å². The van der Waals surface area contributed by atoms with Crippen molar-refractivity contribution in [1.82, 2.24) is 0 Å². The maximum absolute atomic E-state index is 9.28. The van der Waals surface area contributed by atoms with E-state index in [1.807, 2.05) is 0 Å². The molecule has 0 aromatic heterocycles. The van der Waals surface area contributed by atoms with Gasteiger partial charge in [0, 0.05) is 22.4 Å². The highest BCUT2D eigenvalue weighted by Crippen LogP contribution is 2.38. The van der Waals surface area contributed by atoms with Crippen LogP contribution in [0, 0.1) is 0 Å². The number of benzene rings is 1. The molecule has 17 heavy (non-hydrogen) atoms. The quantitative estimate of drug-likeness (QED) is 0.537. The number of rotatable bonds is 4. The van der Waals surface area contributed by atoms with Crippen molar-refractivity contribution in [3.8, 4) is 11.5 Å². The molecule has 6 heteroatoms. The van der Waals surface area contributed by atoms with E-state index in [0.717, 1.165) is 4.90 Å². The maximum Gasteiger partial charge on any atom is 0.163 e. The van der Waals surface area contributed by atoms with Crippen molar-refractivity contribution in [2.75, 3.05) is 31.3 Å². The van der Waals surface area contributed by atoms with E-state index in [-0.39, 0.29) is 6.61 Å². The fourth-order valence-corrected chi connectivity index (χ4v) is 2.34. The zero-order chi connectivity index (χ0) is 12.3. The van der Waals surface area contributed by atoms with Gasteiger partial charge in [-0.15, -0.1) is 11.8 Å². The molecule has 1 unspecified atom stereocenters. The largest absolute Gasteiger partial charge is 0.486 e. The maximum atomic E-state index is 9.28. The van der Waals surface area contributed by atoms with Crippen LogP contribution in [0.15, 0.2) is 17.0 Å². The van der Waals surface area contributed by atoms with Crippen LogP contribution < -0.4 is 15.2 Å². The highest BCUT2D eigenvalue weighted by atomic mass is 32.2. The fourth-order valence-electron chi connectivity index (χ4n) is 1.45. The molecule has 5 nitrogen and oxygen atoms in total. The first-order valence-corrected chi connectivity index (χ1v) is 6.30. The summed E-state index contributed by atoms with van der Waals surface area (Å²) in [6, 6.07) is 3.53. The van der Waals surface area contributed by atoms with Crippen molar-refractivity contribution >= 4 is 17.4 Å². The lowest BCUT2D eigenvalue weighted by Crippen LogP contribution is -2.16. The Labute approximate surface area is 104 Å². The number of fused-ring (bicyclic) bond motifs is 1. The molecule has 2 rings (SSSR count). The minimum Gasteiger partial charge on any atom is -0.486 e. The van der Waals surface area contributed by atoms with Crippen LogP contribution in [0.2, 0.25) is 0 Å². The van der Waals surface area contributed by atoms with Crippen LogP contribution in [0.25, 0.3) is 0 Å². The van der Waals surface area contributed by atoms with E-state index >= 15 is 0 Å². The molecule has 1 aromatic carbocycles. The molecular formula is C11H15NO4S. The summed E-state index contributed by atoms with van der Waals surface area (Å²) in [6.07, 6.45) is -0.743. The number of thioether (sulfide) groups is 1. The molecule has 1 aliphatic heterocycles. The monoisotopic (exact) mass is 257 g/mol. The van der Waals surface area contributed by atoms with Gasteiger partial charge in [0.05, 0.1) is 12.7 Å². The fraction of sp³-hybridized carbons (Fsp3) is 0.455. The topological polar surface area (TPSA) is 84.9 Å². The molecule has 0 fully saturated rings. The minimum absolute atomic E-state index is 0.253. The molecule has 1 heterocycles. The molecule has 94 valence electrons. The standard InChI is InChI=1S/C11H15NO4S/c12-8-3-9-10(16-2-1-15-9)4-11(8)17-6-7(14)5-13/h3-4,7,13-14H,1-2,5-6,12H2. The van der Waals surface area contributed by atoms with Gasteiger partial charge in [-0.05, 0) is 6.07 Å². The number of aliphatic hydroxyl groups is 2. The van der Waals surface area contributed by atoms with Crippen LogP contribution in [0.4, 0.5) is 5.69 Å². The number of anilines is 1. The summed E-state index contributed by atoms with van der Waals surface area (Å²) in [5.41, 5.74) is 6.46. The molecule has 1 aliphatic rings. The van der Waals surface area contributed by atoms with Crippen LogP contribution in [0.1, 0.15) is 0 Å². The molecule has 4 N–H and O–H groups in total. The molecule has 0 spiro atoms. The summed E-state index contributed by atoms with van der Waals surface area (Å²) in [7, 11) is 0. The summed E-state index contributed by atoms with van der Waals surface area (Å²) in [5.74, 6) is 1.72. The Morgan fingerprint density at radius 1 is 1.29 bits per heavy atom. The van der Waals surface area contributed by atoms with Gasteiger partial charge in [0.1, 0.15) is 13.2 Å². The van der Waals surface area contributed by atoms with Crippen molar-refractivity contribution in [3.63, 3.8) is 0 Å². The second kappa shape index (κ2) is 5.48. The number of aliphatic hydroxyl groups excluding tert-OH is 2. The van der Waals surface area contributed by atoms with Crippen molar-refractivity contribution in [1.29, 1.82) is 0 Å². The third-order valence-corrected chi connectivity index (χ3v) is 3.53. The molecule has 0 saturated carbocycles. The van der Waals surface area contributed by atoms with Crippen molar-refractivity contribution in [2.24, 2.45) is 0 Å². The molecule has 0 aliphatic carbocycles. The van der Waals surface area contributed by atoms with E-state index in [2.05, 4.69) is 0 Å². The van der Waals surface area contributed by atoms with Gasteiger partial charge in [0.2, 0.25) is 0 Å². The predicted octanol–water partition coefficient (Wildman–Crippen LogP) is 0.485. The average Bonchev–Trinajstić information content (AvgIpc) is 2.35. The normalized spacial score (nSPS) is 15.6. The molecule has 1 aromatic rings. The predicted molar refractivity (Wildman–Crippen MR) is 65.7 cm³/mol. The molecular weight excluding hydrogens is 242 g/mol. The number of nitrogens with two attached hydrogens (primary N) is 1. The number of ether oxygens (including phenoxy) is 2. The Hall–Kier alpha value is -1.11. The van der Waals surface area contributed by atoms with Crippen molar-refractivity contribution in [2.45, 2.75) is 11.0 Å². The summed E-state index contributed by atoms with van der Waals surface area (Å²) in [5, 5.41) is 18.0. The smallest absolute Gasteiger partial charge is 0.163 e. The molecule has 0 bridgehead atoms. The Balaban J connectivity index is 2.11. The van der Waals surface area contributed by atoms with Crippen LogP contribution in [0.5, 0.6) is 11.5 Å². The van der Waals surface area contributed by atoms with Crippen LogP contribution in [-0.4, -0.2) is 41.9 Å². The second-order valence-corrected chi connectivity index (χ2v) is 4.74. The first-order chi connectivity index (χ1) is 8.20. The summed E-state index contributed by atoms with van der Waals surface area (Å²) in [6.45, 7) is 0.805. The van der Waals surface area contributed by atoms with E-state index in [1.54, 1.807) is 12.1 Å². The van der Waals surface area contributed by atoms with E-state index in [4.69, 9.17) is 20.3 Å². The van der Waals surface area contributed by atoms with Gasteiger partial charge in [-0.25, -0.2) is 0 Å². The van der Waals surface area contributed by atoms with Gasteiger partial charge < -0.3 is 25.4 Å². The third-order valence-electron chi connectivity index (χ3n) is 2.32. The Bertz CT molecular complexity index is 399. The average molecular weight is 257 g/mol. The number of hydrogen-bond acceptors (Lipinski definition) is 6. The van der Waals surface area contributed by atoms with Gasteiger partial charge in [0.25, 0.3) is 0 Å². The van der Waals surface area contributed by atoms with Crippen LogP contribution in [0.3, 0.4) is 0 Å². The first-order valence-electron chi connectivity index (χ1n) is 5.31. The van der Waals surface area contributed by atoms with E-state index in [9.17, 15) is 5.11 Å². The Kier molecular flexibility index (Phi) is 3.98. The van der Waals surface area contributed by atoms with Crippen molar-refractivity contribution < 1.29 is 19.7 Å². The zero-order valence-electron chi connectivity index (χ0n) is 9.26. The number of hydrogen-bond donors (Lipinski definition) is 3. The Morgan fingerprint density at radius 2 is 1.94 bits per heavy atom. The summed E-state index contributed by atoms with van der Waals surface area (Å²) in [4.78, 5) is 0.821. The lowest BCUT2D eigenvalue weighted by atomic mass is 10.2. The van der Waals surface area contributed by atoms with E-state index in [0.29, 0.717) is 36.2 Å². The van der Waals surface area contributed by atoms with Gasteiger partial charge >= 0.3 is 0 Å². The highest BCUT2D eigenvalue weighted by molar-refractivity contribution is 7.99. The second-order valence-electron chi connectivity index (χ2n) is 3.68. The van der Waals surface area contributed by atoms with Crippen LogP contribution >= 0.6 is 11.8 Å². The summed E-state index contributed by atoms with van der Waals surface area (Å²) < 4.78 is 10.8. The summed E-state index contributed by atoms with van der Waals surface area (Å²) >= 11 is 1.38. The van der Waals surface area contributed by atoms with Gasteiger partial charge in [-0.3, -0.25) is 0 Å². The Morgan fingerprint density at radius 3 is 2.59 bits per heavy atom.